The van der Waals surface area contributed by atoms with Crippen LogP contribution in [0.2, 0.25) is 0 Å². The molecule has 1 aromatic carbocycles. The van der Waals surface area contributed by atoms with Crippen LogP contribution >= 0.6 is 0 Å². The van der Waals surface area contributed by atoms with Crippen LogP contribution in [0.5, 0.6) is 0 Å². The van der Waals surface area contributed by atoms with E-state index in [0.29, 0.717) is 22.5 Å². The summed E-state index contributed by atoms with van der Waals surface area (Å²) in [5, 5.41) is 21.4. The van der Waals surface area contributed by atoms with Crippen molar-refractivity contribution in [1.82, 2.24) is 9.97 Å². The van der Waals surface area contributed by atoms with Crippen LogP contribution in [0.4, 0.5) is 0 Å². The molecule has 0 aliphatic heterocycles. The molecule has 0 spiro atoms. The molecule has 0 saturated carbocycles. The summed E-state index contributed by atoms with van der Waals surface area (Å²) in [6, 6.07) is 18.8. The highest BCUT2D eigenvalue weighted by Crippen LogP contribution is 2.51. The van der Waals surface area contributed by atoms with E-state index in [2.05, 4.69) is 16.0 Å². The second-order valence-electron chi connectivity index (χ2n) is 5.54. The topological polar surface area (TPSA) is 69.8 Å². The van der Waals surface area contributed by atoms with Crippen molar-refractivity contribution in [2.24, 2.45) is 0 Å². The summed E-state index contributed by atoms with van der Waals surface area (Å²) in [6.45, 7) is 0. The van der Waals surface area contributed by atoms with Gasteiger partial charge in [0.25, 0.3) is 0 Å². The van der Waals surface area contributed by atoms with Crippen molar-refractivity contribution in [3.8, 4) is 17.5 Å². The van der Waals surface area contributed by atoms with Crippen LogP contribution in [0, 0.1) is 11.3 Å². The average Bonchev–Trinajstić information content (AvgIpc) is 2.87. The Hall–Kier alpha value is -3.03. The summed E-state index contributed by atoms with van der Waals surface area (Å²) in [6.07, 6.45) is 3.35. The molecule has 1 unspecified atom stereocenters. The number of nitriles is 1. The minimum Gasteiger partial charge on any atom is -0.378 e. The molecule has 23 heavy (non-hydrogen) atoms. The Labute approximate surface area is 133 Å². The fourth-order valence-corrected chi connectivity index (χ4v) is 3.31. The molecular formula is C19H13N3O. The third-order valence-corrected chi connectivity index (χ3v) is 4.34. The number of hydrogen-bond acceptors (Lipinski definition) is 4. The van der Waals surface area contributed by atoms with Gasteiger partial charge in [-0.25, -0.2) is 0 Å². The molecule has 110 valence electrons. The lowest BCUT2D eigenvalue weighted by atomic mass is 9.77. The molecule has 1 atom stereocenters. The zero-order chi connectivity index (χ0) is 15.9. The quantitative estimate of drug-likeness (QED) is 0.789. The minimum atomic E-state index is -1.46. The van der Waals surface area contributed by atoms with Crippen molar-refractivity contribution in [1.29, 1.82) is 5.26 Å². The Morgan fingerprint density at radius 3 is 1.96 bits per heavy atom. The lowest BCUT2D eigenvalue weighted by Crippen LogP contribution is -2.32. The zero-order valence-electron chi connectivity index (χ0n) is 12.2. The van der Waals surface area contributed by atoms with E-state index in [1.54, 1.807) is 24.5 Å². The number of fused-ring (bicyclic) bond motifs is 3. The molecule has 0 amide bonds. The van der Waals surface area contributed by atoms with Crippen LogP contribution in [-0.4, -0.2) is 15.1 Å². The van der Waals surface area contributed by atoms with Gasteiger partial charge >= 0.3 is 0 Å². The van der Waals surface area contributed by atoms with Gasteiger partial charge in [-0.2, -0.15) is 5.26 Å². The molecule has 1 aliphatic rings. The van der Waals surface area contributed by atoms with Gasteiger partial charge in [0.1, 0.15) is 11.5 Å². The Bertz CT molecular complexity index is 870. The summed E-state index contributed by atoms with van der Waals surface area (Å²) in [4.78, 5) is 8.75. The molecular weight excluding hydrogens is 286 g/mol. The largest absolute Gasteiger partial charge is 0.378 e. The molecule has 0 bridgehead atoms. The number of hydrogen-bond donors (Lipinski definition) is 1. The minimum absolute atomic E-state index is 0.629. The van der Waals surface area contributed by atoms with Crippen LogP contribution < -0.4 is 0 Å². The molecule has 3 aromatic rings. The fourth-order valence-electron chi connectivity index (χ4n) is 3.31. The highest BCUT2D eigenvalue weighted by Gasteiger charge is 2.49. The molecule has 2 heterocycles. The van der Waals surface area contributed by atoms with Gasteiger partial charge in [-0.05, 0) is 17.7 Å². The van der Waals surface area contributed by atoms with E-state index in [-0.39, 0.29) is 0 Å². The number of pyridine rings is 2. The van der Waals surface area contributed by atoms with Gasteiger partial charge in [0, 0.05) is 23.5 Å². The number of aliphatic hydroxyl groups is 1. The van der Waals surface area contributed by atoms with Crippen molar-refractivity contribution >= 4 is 0 Å². The molecule has 4 heteroatoms. The highest BCUT2D eigenvalue weighted by molar-refractivity contribution is 5.75. The first-order valence-electron chi connectivity index (χ1n) is 7.35. The Morgan fingerprint density at radius 2 is 1.43 bits per heavy atom. The summed E-state index contributed by atoms with van der Waals surface area (Å²) in [5.74, 6) is -0.739. The SMILES string of the molecule is N#CC(c1ccccc1)C1(O)c2cccnc2-c2ncccc21. The highest BCUT2D eigenvalue weighted by atomic mass is 16.3. The summed E-state index contributed by atoms with van der Waals surface area (Å²) in [7, 11) is 0. The Morgan fingerprint density at radius 1 is 0.870 bits per heavy atom. The summed E-state index contributed by atoms with van der Waals surface area (Å²) < 4.78 is 0. The molecule has 4 rings (SSSR count). The van der Waals surface area contributed by atoms with E-state index in [1.807, 2.05) is 42.5 Å². The molecule has 0 radical (unpaired) electrons. The van der Waals surface area contributed by atoms with E-state index in [1.165, 1.54) is 0 Å². The fraction of sp³-hybridized carbons (Fsp3) is 0.105. The third-order valence-electron chi connectivity index (χ3n) is 4.34. The van der Waals surface area contributed by atoms with Crippen LogP contribution in [0.1, 0.15) is 22.6 Å². The van der Waals surface area contributed by atoms with Crippen LogP contribution in [0.25, 0.3) is 11.4 Å². The monoisotopic (exact) mass is 299 g/mol. The van der Waals surface area contributed by atoms with Gasteiger partial charge in [0.15, 0.2) is 0 Å². The molecule has 1 N–H and O–H groups in total. The number of rotatable bonds is 2. The summed E-state index contributed by atoms with van der Waals surface area (Å²) in [5.41, 5.74) is 1.85. The van der Waals surface area contributed by atoms with Crippen LogP contribution in [-0.2, 0) is 5.60 Å². The van der Waals surface area contributed by atoms with Crippen LogP contribution in [0.15, 0.2) is 67.0 Å². The molecule has 0 saturated heterocycles. The molecule has 1 aliphatic carbocycles. The van der Waals surface area contributed by atoms with E-state index >= 15 is 0 Å². The zero-order valence-corrected chi connectivity index (χ0v) is 12.2. The van der Waals surface area contributed by atoms with Gasteiger partial charge in [0.05, 0.1) is 17.5 Å². The van der Waals surface area contributed by atoms with Crippen LogP contribution in [0.3, 0.4) is 0 Å². The van der Waals surface area contributed by atoms with E-state index < -0.39 is 11.5 Å². The average molecular weight is 299 g/mol. The second-order valence-corrected chi connectivity index (χ2v) is 5.54. The number of aromatic nitrogens is 2. The van der Waals surface area contributed by atoms with Gasteiger partial charge in [-0.3, -0.25) is 9.97 Å². The van der Waals surface area contributed by atoms with Gasteiger partial charge in [0.2, 0.25) is 0 Å². The van der Waals surface area contributed by atoms with Crippen molar-refractivity contribution in [3.05, 3.63) is 83.7 Å². The molecule has 2 aromatic heterocycles. The van der Waals surface area contributed by atoms with Gasteiger partial charge < -0.3 is 5.11 Å². The Kier molecular flexibility index (Phi) is 2.97. The van der Waals surface area contributed by atoms with E-state index in [4.69, 9.17) is 0 Å². The predicted octanol–water partition coefficient (Wildman–Crippen LogP) is 3.00. The maximum absolute atomic E-state index is 11.6. The third kappa shape index (κ3) is 1.81. The van der Waals surface area contributed by atoms with E-state index in [0.717, 1.165) is 5.56 Å². The standard InChI is InChI=1S/C19H13N3O/c20-12-16(13-6-2-1-3-7-13)19(23)14-8-4-10-21-17(14)18-15(19)9-5-11-22-18/h1-11,16,23H. The van der Waals surface area contributed by atoms with Gasteiger partial charge in [-0.1, -0.05) is 42.5 Å². The normalized spacial score (nSPS) is 15.3. The maximum atomic E-state index is 11.6. The molecule has 0 fully saturated rings. The van der Waals surface area contributed by atoms with Gasteiger partial charge in [-0.15, -0.1) is 0 Å². The smallest absolute Gasteiger partial charge is 0.139 e. The summed E-state index contributed by atoms with van der Waals surface area (Å²) >= 11 is 0. The lowest BCUT2D eigenvalue weighted by molar-refractivity contribution is 0.0717. The number of nitrogens with zero attached hydrogens (tertiary/aromatic N) is 3. The first-order chi connectivity index (χ1) is 11.3. The number of benzene rings is 1. The van der Waals surface area contributed by atoms with Crippen molar-refractivity contribution < 1.29 is 5.11 Å². The first-order valence-corrected chi connectivity index (χ1v) is 7.35. The van der Waals surface area contributed by atoms with Crippen molar-refractivity contribution in [3.63, 3.8) is 0 Å². The lowest BCUT2D eigenvalue weighted by Gasteiger charge is -2.30. The van der Waals surface area contributed by atoms with Crippen molar-refractivity contribution in [2.75, 3.05) is 0 Å². The van der Waals surface area contributed by atoms with E-state index in [9.17, 15) is 10.4 Å². The maximum Gasteiger partial charge on any atom is 0.139 e. The second kappa shape index (κ2) is 5.01. The Balaban J connectivity index is 2.02. The predicted molar refractivity (Wildman–Crippen MR) is 85.3 cm³/mol. The van der Waals surface area contributed by atoms with Crippen molar-refractivity contribution in [2.45, 2.75) is 11.5 Å². The molecule has 4 nitrogen and oxygen atoms in total. The first kappa shape index (κ1) is 13.6.